The number of H-pyrrole nitrogens is 1. The summed E-state index contributed by atoms with van der Waals surface area (Å²) in [7, 11) is 1.56. The second kappa shape index (κ2) is 6.18. The van der Waals surface area contributed by atoms with Crippen molar-refractivity contribution < 1.29 is 4.74 Å². The third-order valence-corrected chi connectivity index (χ3v) is 3.76. The first-order chi connectivity index (χ1) is 11.1. The highest BCUT2D eigenvalue weighted by atomic mass is 16.5. The molecule has 118 valence electrons. The van der Waals surface area contributed by atoms with Crippen LogP contribution in [0, 0.1) is 6.92 Å². The Bertz CT molecular complexity index is 955. The van der Waals surface area contributed by atoms with E-state index in [9.17, 15) is 9.59 Å². The Balaban J connectivity index is 2.31. The van der Waals surface area contributed by atoms with Gasteiger partial charge in [0.1, 0.15) is 5.65 Å². The second-order valence-electron chi connectivity index (χ2n) is 5.33. The number of hydrogen-bond donors (Lipinski definition) is 1. The van der Waals surface area contributed by atoms with Gasteiger partial charge < -0.3 is 4.74 Å². The molecule has 6 heteroatoms. The van der Waals surface area contributed by atoms with Crippen molar-refractivity contribution in [2.75, 3.05) is 13.7 Å². The Morgan fingerprint density at radius 2 is 1.91 bits per heavy atom. The molecular weight excluding hydrogens is 294 g/mol. The standard InChI is InChI=1S/C17H17N3O3/c1-11-3-5-12(6-4-11)13-7-8-18-15-14(13)16(21)19-17(22)20(15)9-10-23-2/h3-8H,9-10H2,1-2H3,(H,19,21,22). The van der Waals surface area contributed by atoms with Crippen LogP contribution in [0.1, 0.15) is 5.56 Å². The van der Waals surface area contributed by atoms with Crippen LogP contribution in [-0.4, -0.2) is 28.3 Å². The Kier molecular flexibility index (Phi) is 4.08. The molecule has 0 radical (unpaired) electrons. The first-order valence-electron chi connectivity index (χ1n) is 7.29. The summed E-state index contributed by atoms with van der Waals surface area (Å²) in [5, 5.41) is 0.409. The number of rotatable bonds is 4. The smallest absolute Gasteiger partial charge is 0.330 e. The SMILES string of the molecule is COCCn1c(=O)[nH]c(=O)c2c(-c3ccc(C)cc3)ccnc21. The Morgan fingerprint density at radius 3 is 2.61 bits per heavy atom. The van der Waals surface area contributed by atoms with Gasteiger partial charge in [0.2, 0.25) is 0 Å². The lowest BCUT2D eigenvalue weighted by molar-refractivity contribution is 0.187. The summed E-state index contributed by atoms with van der Waals surface area (Å²) < 4.78 is 6.46. The fourth-order valence-electron chi connectivity index (χ4n) is 2.57. The molecule has 0 amide bonds. The number of aromatic amines is 1. The van der Waals surface area contributed by atoms with Crippen LogP contribution in [-0.2, 0) is 11.3 Å². The Morgan fingerprint density at radius 1 is 1.17 bits per heavy atom. The minimum atomic E-state index is -0.479. The number of aryl methyl sites for hydroxylation is 1. The molecule has 2 heterocycles. The van der Waals surface area contributed by atoms with Crippen LogP contribution in [0.15, 0.2) is 46.1 Å². The molecule has 1 aromatic carbocycles. The largest absolute Gasteiger partial charge is 0.383 e. The van der Waals surface area contributed by atoms with Crippen LogP contribution < -0.4 is 11.2 Å². The monoisotopic (exact) mass is 311 g/mol. The fourth-order valence-corrected chi connectivity index (χ4v) is 2.57. The lowest BCUT2D eigenvalue weighted by atomic mass is 10.0. The van der Waals surface area contributed by atoms with E-state index >= 15 is 0 Å². The van der Waals surface area contributed by atoms with Crippen molar-refractivity contribution in [3.8, 4) is 11.1 Å². The van der Waals surface area contributed by atoms with Gasteiger partial charge in [0.15, 0.2) is 0 Å². The molecule has 3 rings (SSSR count). The van der Waals surface area contributed by atoms with Crippen LogP contribution in [0.3, 0.4) is 0 Å². The zero-order chi connectivity index (χ0) is 16.4. The van der Waals surface area contributed by atoms with E-state index in [0.717, 1.165) is 16.7 Å². The third kappa shape index (κ3) is 2.80. The molecule has 0 bridgehead atoms. The molecule has 3 aromatic rings. The average molecular weight is 311 g/mol. The molecule has 0 atom stereocenters. The van der Waals surface area contributed by atoms with Crippen molar-refractivity contribution in [1.82, 2.24) is 14.5 Å². The maximum atomic E-state index is 12.3. The zero-order valence-electron chi connectivity index (χ0n) is 13.0. The van der Waals surface area contributed by atoms with Crippen molar-refractivity contribution >= 4 is 11.0 Å². The van der Waals surface area contributed by atoms with Gasteiger partial charge in [0.05, 0.1) is 18.5 Å². The molecule has 0 unspecified atom stereocenters. The predicted octanol–water partition coefficient (Wildman–Crippen LogP) is 1.71. The lowest BCUT2D eigenvalue weighted by Gasteiger charge is -2.11. The summed E-state index contributed by atoms with van der Waals surface area (Å²) in [6.45, 7) is 2.69. The highest BCUT2D eigenvalue weighted by molar-refractivity contribution is 5.91. The van der Waals surface area contributed by atoms with Gasteiger partial charge >= 0.3 is 5.69 Å². The number of nitrogens with zero attached hydrogens (tertiary/aromatic N) is 2. The van der Waals surface area contributed by atoms with E-state index in [-0.39, 0.29) is 0 Å². The average Bonchev–Trinajstić information content (AvgIpc) is 2.55. The highest BCUT2D eigenvalue weighted by Gasteiger charge is 2.13. The molecule has 0 spiro atoms. The van der Waals surface area contributed by atoms with Crippen LogP contribution in [0.4, 0.5) is 0 Å². The summed E-state index contributed by atoms with van der Waals surface area (Å²) in [5.74, 6) is 0. The minimum absolute atomic E-state index is 0.326. The molecule has 6 nitrogen and oxygen atoms in total. The van der Waals surface area contributed by atoms with Gasteiger partial charge in [-0.3, -0.25) is 14.3 Å². The topological polar surface area (TPSA) is 77.0 Å². The fraction of sp³-hybridized carbons (Fsp3) is 0.235. The van der Waals surface area contributed by atoms with Crippen molar-refractivity contribution in [2.45, 2.75) is 13.5 Å². The predicted molar refractivity (Wildman–Crippen MR) is 88.7 cm³/mol. The van der Waals surface area contributed by atoms with Gasteiger partial charge in [-0.2, -0.15) is 0 Å². The van der Waals surface area contributed by atoms with Crippen molar-refractivity contribution in [1.29, 1.82) is 0 Å². The molecule has 0 aliphatic rings. The zero-order valence-corrected chi connectivity index (χ0v) is 13.0. The molecule has 0 aliphatic carbocycles. The van der Waals surface area contributed by atoms with Gasteiger partial charge in [0, 0.05) is 13.3 Å². The summed E-state index contributed by atoms with van der Waals surface area (Å²) >= 11 is 0. The molecule has 0 fully saturated rings. The van der Waals surface area contributed by atoms with E-state index in [1.165, 1.54) is 4.57 Å². The van der Waals surface area contributed by atoms with E-state index in [2.05, 4.69) is 9.97 Å². The number of benzene rings is 1. The van der Waals surface area contributed by atoms with Gasteiger partial charge in [0.25, 0.3) is 5.56 Å². The lowest BCUT2D eigenvalue weighted by Crippen LogP contribution is -2.32. The maximum absolute atomic E-state index is 12.3. The highest BCUT2D eigenvalue weighted by Crippen LogP contribution is 2.24. The molecular formula is C17H17N3O3. The van der Waals surface area contributed by atoms with Crippen LogP contribution >= 0.6 is 0 Å². The summed E-state index contributed by atoms with van der Waals surface area (Å²) in [6, 6.07) is 9.66. The first kappa shape index (κ1) is 15.2. The molecule has 0 saturated carbocycles. The first-order valence-corrected chi connectivity index (χ1v) is 7.29. The van der Waals surface area contributed by atoms with E-state index in [1.54, 1.807) is 19.4 Å². The number of hydrogen-bond acceptors (Lipinski definition) is 4. The van der Waals surface area contributed by atoms with Gasteiger partial charge in [-0.1, -0.05) is 29.8 Å². The Labute approximate surface area is 132 Å². The van der Waals surface area contributed by atoms with E-state index < -0.39 is 11.2 Å². The number of nitrogens with one attached hydrogen (secondary N) is 1. The summed E-state index contributed by atoms with van der Waals surface area (Å²) in [5.41, 5.74) is 2.26. The molecule has 0 saturated heterocycles. The number of fused-ring (bicyclic) bond motifs is 1. The van der Waals surface area contributed by atoms with Gasteiger partial charge in [-0.05, 0) is 24.1 Å². The molecule has 23 heavy (non-hydrogen) atoms. The van der Waals surface area contributed by atoms with Crippen LogP contribution in [0.25, 0.3) is 22.2 Å². The second-order valence-corrected chi connectivity index (χ2v) is 5.33. The Hall–Kier alpha value is -2.73. The number of pyridine rings is 1. The normalized spacial score (nSPS) is 11.0. The van der Waals surface area contributed by atoms with E-state index in [1.807, 2.05) is 31.2 Å². The molecule has 0 aliphatic heterocycles. The van der Waals surface area contributed by atoms with E-state index in [0.29, 0.717) is 24.2 Å². The number of aromatic nitrogens is 3. The van der Waals surface area contributed by atoms with Crippen molar-refractivity contribution in [3.05, 3.63) is 62.9 Å². The van der Waals surface area contributed by atoms with E-state index in [4.69, 9.17) is 4.74 Å². The summed E-state index contributed by atoms with van der Waals surface area (Å²) in [6.07, 6.45) is 1.61. The van der Waals surface area contributed by atoms with Crippen LogP contribution in [0.2, 0.25) is 0 Å². The van der Waals surface area contributed by atoms with Gasteiger partial charge in [-0.25, -0.2) is 9.78 Å². The number of methoxy groups -OCH3 is 1. The maximum Gasteiger partial charge on any atom is 0.330 e. The molecule has 2 aromatic heterocycles. The minimum Gasteiger partial charge on any atom is -0.383 e. The summed E-state index contributed by atoms with van der Waals surface area (Å²) in [4.78, 5) is 31.0. The third-order valence-electron chi connectivity index (χ3n) is 3.76. The van der Waals surface area contributed by atoms with Gasteiger partial charge in [-0.15, -0.1) is 0 Å². The molecule has 1 N–H and O–H groups in total. The number of ether oxygens (including phenoxy) is 1. The van der Waals surface area contributed by atoms with Crippen LogP contribution in [0.5, 0.6) is 0 Å². The quantitative estimate of drug-likeness (QED) is 0.795. The van der Waals surface area contributed by atoms with Crippen molar-refractivity contribution in [2.24, 2.45) is 0 Å². The van der Waals surface area contributed by atoms with Crippen molar-refractivity contribution in [3.63, 3.8) is 0 Å².